The summed E-state index contributed by atoms with van der Waals surface area (Å²) in [6, 6.07) is 6.07. The number of benzene rings is 1. The van der Waals surface area contributed by atoms with Gasteiger partial charge in [-0.3, -0.25) is 0 Å². The summed E-state index contributed by atoms with van der Waals surface area (Å²) < 4.78 is 0. The van der Waals surface area contributed by atoms with Gasteiger partial charge in [-0.15, -0.1) is 18.3 Å². The van der Waals surface area contributed by atoms with E-state index in [1.807, 2.05) is 23.9 Å². The Hall–Kier alpha value is -0.890. The van der Waals surface area contributed by atoms with Crippen LogP contribution in [0.5, 0.6) is 0 Å². The molecular weight excluding hydrogens is 190 g/mol. The van der Waals surface area contributed by atoms with Crippen molar-refractivity contribution >= 4 is 17.4 Å². The first-order valence-electron chi connectivity index (χ1n) is 4.73. The van der Waals surface area contributed by atoms with Gasteiger partial charge in [0.05, 0.1) is 0 Å². The molecule has 2 N–H and O–H groups in total. The molecule has 1 aromatic rings. The monoisotopic (exact) mass is 207 g/mol. The van der Waals surface area contributed by atoms with Crippen LogP contribution in [0.4, 0.5) is 5.69 Å². The number of thioether (sulfide) groups is 1. The van der Waals surface area contributed by atoms with Crippen LogP contribution in [0.3, 0.4) is 0 Å². The van der Waals surface area contributed by atoms with Crippen LogP contribution in [-0.2, 0) is 0 Å². The zero-order valence-electron chi connectivity index (χ0n) is 8.84. The fourth-order valence-electron chi connectivity index (χ4n) is 1.12. The maximum atomic E-state index is 5.82. The van der Waals surface area contributed by atoms with Gasteiger partial charge >= 0.3 is 0 Å². The van der Waals surface area contributed by atoms with Crippen LogP contribution in [0, 0.1) is 6.92 Å². The van der Waals surface area contributed by atoms with Crippen LogP contribution in [0.25, 0.3) is 0 Å². The highest BCUT2D eigenvalue weighted by molar-refractivity contribution is 7.99. The highest BCUT2D eigenvalue weighted by atomic mass is 32.2. The van der Waals surface area contributed by atoms with E-state index in [1.165, 1.54) is 16.0 Å². The highest BCUT2D eigenvalue weighted by Gasteiger charge is 2.01. The predicted octanol–water partition coefficient (Wildman–Crippen LogP) is 3.64. The van der Waals surface area contributed by atoms with Gasteiger partial charge in [0.2, 0.25) is 0 Å². The minimum Gasteiger partial charge on any atom is -0.398 e. The van der Waals surface area contributed by atoms with E-state index in [-0.39, 0.29) is 0 Å². The molecule has 0 aromatic heterocycles. The van der Waals surface area contributed by atoms with Gasteiger partial charge in [0.15, 0.2) is 0 Å². The second kappa shape index (κ2) is 5.11. The zero-order chi connectivity index (χ0) is 10.6. The van der Waals surface area contributed by atoms with Gasteiger partial charge in [0.25, 0.3) is 0 Å². The van der Waals surface area contributed by atoms with Crippen molar-refractivity contribution in [2.45, 2.75) is 25.2 Å². The molecule has 0 fully saturated rings. The topological polar surface area (TPSA) is 26.0 Å². The minimum atomic E-state index is 0.880. The summed E-state index contributed by atoms with van der Waals surface area (Å²) in [5.41, 5.74) is 9.13. The first-order valence-corrected chi connectivity index (χ1v) is 5.72. The molecular formula is C12H17NS. The van der Waals surface area contributed by atoms with Crippen LogP contribution in [0.1, 0.15) is 18.9 Å². The van der Waals surface area contributed by atoms with E-state index in [0.29, 0.717) is 0 Å². The number of hydrogen-bond acceptors (Lipinski definition) is 2. The third kappa shape index (κ3) is 3.11. The number of nitrogen functional groups attached to an aromatic ring is 1. The average molecular weight is 207 g/mol. The van der Waals surface area contributed by atoms with E-state index in [2.05, 4.69) is 26.5 Å². The summed E-state index contributed by atoms with van der Waals surface area (Å²) in [5, 5.41) is 0. The lowest BCUT2D eigenvalue weighted by Crippen LogP contribution is -1.91. The third-order valence-electron chi connectivity index (χ3n) is 2.11. The summed E-state index contributed by atoms with van der Waals surface area (Å²) in [4.78, 5) is 1.28. The molecule has 0 bridgehead atoms. The summed E-state index contributed by atoms with van der Waals surface area (Å²) in [6.45, 7) is 8.02. The predicted molar refractivity (Wildman–Crippen MR) is 65.7 cm³/mol. The second-order valence-electron chi connectivity index (χ2n) is 3.53. The lowest BCUT2D eigenvalue weighted by Gasteiger charge is -2.07. The first-order chi connectivity index (χ1) is 6.61. The van der Waals surface area contributed by atoms with E-state index in [1.54, 1.807) is 0 Å². The van der Waals surface area contributed by atoms with Gasteiger partial charge in [0.1, 0.15) is 0 Å². The molecule has 0 amide bonds. The van der Waals surface area contributed by atoms with Crippen LogP contribution in [-0.4, -0.2) is 5.75 Å². The Morgan fingerprint density at radius 2 is 2.21 bits per heavy atom. The SMILES string of the molecule is C=C(C)CCSc1cccc(N)c1C. The molecule has 1 nitrogen and oxygen atoms in total. The van der Waals surface area contributed by atoms with Gasteiger partial charge in [0, 0.05) is 16.3 Å². The quantitative estimate of drug-likeness (QED) is 0.463. The van der Waals surface area contributed by atoms with Gasteiger partial charge in [-0.25, -0.2) is 0 Å². The minimum absolute atomic E-state index is 0.880. The van der Waals surface area contributed by atoms with E-state index >= 15 is 0 Å². The molecule has 0 spiro atoms. The third-order valence-corrected chi connectivity index (χ3v) is 3.27. The normalized spacial score (nSPS) is 10.1. The molecule has 76 valence electrons. The Balaban J connectivity index is 2.59. The largest absolute Gasteiger partial charge is 0.398 e. The Morgan fingerprint density at radius 3 is 2.86 bits per heavy atom. The molecule has 1 aromatic carbocycles. The zero-order valence-corrected chi connectivity index (χ0v) is 9.66. The molecule has 0 saturated heterocycles. The molecule has 1 rings (SSSR count). The number of anilines is 1. The summed E-state index contributed by atoms with van der Waals surface area (Å²) in [6.07, 6.45) is 1.07. The van der Waals surface area contributed by atoms with Crippen molar-refractivity contribution in [1.82, 2.24) is 0 Å². The fraction of sp³-hybridized carbons (Fsp3) is 0.333. The first kappa shape index (κ1) is 11.2. The molecule has 0 heterocycles. The second-order valence-corrected chi connectivity index (χ2v) is 4.66. The van der Waals surface area contributed by atoms with Crippen molar-refractivity contribution in [2.24, 2.45) is 0 Å². The summed E-state index contributed by atoms with van der Waals surface area (Å²) >= 11 is 1.85. The van der Waals surface area contributed by atoms with E-state index in [0.717, 1.165) is 17.9 Å². The van der Waals surface area contributed by atoms with Gasteiger partial charge in [-0.2, -0.15) is 0 Å². The molecule has 0 aliphatic carbocycles. The summed E-state index contributed by atoms with van der Waals surface area (Å²) in [7, 11) is 0. The van der Waals surface area contributed by atoms with Gasteiger partial charge in [-0.1, -0.05) is 11.6 Å². The van der Waals surface area contributed by atoms with Gasteiger partial charge in [-0.05, 0) is 38.0 Å². The van der Waals surface area contributed by atoms with E-state index in [9.17, 15) is 0 Å². The molecule has 0 saturated carbocycles. The maximum absolute atomic E-state index is 5.82. The highest BCUT2D eigenvalue weighted by Crippen LogP contribution is 2.26. The van der Waals surface area contributed by atoms with E-state index < -0.39 is 0 Å². The Labute approximate surface area is 90.4 Å². The molecule has 0 aliphatic rings. The maximum Gasteiger partial charge on any atom is 0.0354 e. The number of rotatable bonds is 4. The Bertz CT molecular complexity index is 331. The smallest absolute Gasteiger partial charge is 0.0354 e. The van der Waals surface area contributed by atoms with Crippen molar-refractivity contribution in [2.75, 3.05) is 11.5 Å². The Kier molecular flexibility index (Phi) is 4.08. The lowest BCUT2D eigenvalue weighted by molar-refractivity contribution is 1.12. The van der Waals surface area contributed by atoms with Gasteiger partial charge < -0.3 is 5.73 Å². The Morgan fingerprint density at radius 1 is 1.50 bits per heavy atom. The standard InChI is InChI=1S/C12H17NS/c1-9(2)7-8-14-12-6-4-5-11(13)10(12)3/h4-6H,1,7-8,13H2,2-3H3. The molecule has 0 unspecified atom stereocenters. The van der Waals surface area contributed by atoms with Crippen molar-refractivity contribution in [3.8, 4) is 0 Å². The lowest BCUT2D eigenvalue weighted by atomic mass is 10.2. The van der Waals surface area contributed by atoms with Crippen molar-refractivity contribution in [1.29, 1.82) is 0 Å². The van der Waals surface area contributed by atoms with Crippen LogP contribution >= 0.6 is 11.8 Å². The fourth-order valence-corrected chi connectivity index (χ4v) is 2.30. The molecule has 0 atom stereocenters. The van der Waals surface area contributed by atoms with E-state index in [4.69, 9.17) is 5.73 Å². The van der Waals surface area contributed by atoms with Crippen LogP contribution < -0.4 is 5.73 Å². The van der Waals surface area contributed by atoms with Crippen molar-refractivity contribution in [3.05, 3.63) is 35.9 Å². The van der Waals surface area contributed by atoms with Crippen molar-refractivity contribution < 1.29 is 0 Å². The summed E-state index contributed by atoms with van der Waals surface area (Å²) in [5.74, 6) is 1.08. The van der Waals surface area contributed by atoms with Crippen LogP contribution in [0.2, 0.25) is 0 Å². The number of nitrogens with two attached hydrogens (primary N) is 1. The molecule has 0 aliphatic heterocycles. The molecule has 14 heavy (non-hydrogen) atoms. The number of allylic oxidation sites excluding steroid dienone is 1. The van der Waals surface area contributed by atoms with Crippen LogP contribution in [0.15, 0.2) is 35.2 Å². The average Bonchev–Trinajstić information content (AvgIpc) is 2.12. The molecule has 2 heteroatoms. The number of hydrogen-bond donors (Lipinski definition) is 1. The van der Waals surface area contributed by atoms with Crippen molar-refractivity contribution in [3.63, 3.8) is 0 Å². The molecule has 0 radical (unpaired) electrons.